The van der Waals surface area contributed by atoms with Gasteiger partial charge in [-0.05, 0) is 36.8 Å². The van der Waals surface area contributed by atoms with E-state index in [1.807, 2.05) is 16.7 Å². The number of alkyl halides is 3. The summed E-state index contributed by atoms with van der Waals surface area (Å²) in [6.45, 7) is 3.62. The number of carbonyl (C=O) groups excluding carboxylic acids is 1. The molecule has 3 rings (SSSR count). The SMILES string of the molecule is O=C(CN1CCN(C2CCCSC2)CC1)Nc1ccc(Cl)c(C(F)(F)F)c1. The summed E-state index contributed by atoms with van der Waals surface area (Å²) < 4.78 is 38.8. The van der Waals surface area contributed by atoms with Gasteiger partial charge in [0.2, 0.25) is 5.91 Å². The van der Waals surface area contributed by atoms with Gasteiger partial charge in [-0.2, -0.15) is 24.9 Å². The third-order valence-corrected chi connectivity index (χ3v) is 6.51. The fourth-order valence-corrected chi connectivity index (χ4v) is 4.93. The molecule has 0 spiro atoms. The van der Waals surface area contributed by atoms with Crippen LogP contribution in [0.5, 0.6) is 0 Å². The second-order valence-corrected chi connectivity index (χ2v) is 8.48. The van der Waals surface area contributed by atoms with Crippen molar-refractivity contribution in [2.45, 2.75) is 25.1 Å². The minimum Gasteiger partial charge on any atom is -0.325 e. The van der Waals surface area contributed by atoms with E-state index in [0.29, 0.717) is 6.04 Å². The van der Waals surface area contributed by atoms with Gasteiger partial charge in [0.1, 0.15) is 0 Å². The van der Waals surface area contributed by atoms with Crippen LogP contribution in [0, 0.1) is 0 Å². The average molecular weight is 422 g/mol. The molecule has 2 aliphatic heterocycles. The van der Waals surface area contributed by atoms with E-state index in [0.717, 1.165) is 38.3 Å². The molecule has 1 aromatic rings. The van der Waals surface area contributed by atoms with Gasteiger partial charge in [-0.25, -0.2) is 0 Å². The molecule has 1 N–H and O–H groups in total. The Morgan fingerprint density at radius 3 is 2.63 bits per heavy atom. The molecule has 2 heterocycles. The van der Waals surface area contributed by atoms with Crippen molar-refractivity contribution < 1.29 is 18.0 Å². The summed E-state index contributed by atoms with van der Waals surface area (Å²) in [5.74, 6) is 2.11. The number of nitrogens with zero attached hydrogens (tertiary/aromatic N) is 2. The first-order valence-corrected chi connectivity index (χ1v) is 10.6. The summed E-state index contributed by atoms with van der Waals surface area (Å²) in [6, 6.07) is 4.04. The van der Waals surface area contributed by atoms with Gasteiger partial charge in [-0.15, -0.1) is 0 Å². The normalized spacial score (nSPS) is 22.6. The van der Waals surface area contributed by atoms with E-state index >= 15 is 0 Å². The molecule has 0 bridgehead atoms. The topological polar surface area (TPSA) is 35.6 Å². The highest BCUT2D eigenvalue weighted by atomic mass is 35.5. The van der Waals surface area contributed by atoms with E-state index in [-0.39, 0.29) is 23.2 Å². The molecular weight excluding hydrogens is 399 g/mol. The average Bonchev–Trinajstić information content (AvgIpc) is 2.64. The molecule has 0 aromatic heterocycles. The van der Waals surface area contributed by atoms with Crippen molar-refractivity contribution >= 4 is 35.0 Å². The number of anilines is 1. The summed E-state index contributed by atoms with van der Waals surface area (Å²) in [5, 5.41) is 2.17. The van der Waals surface area contributed by atoms with Crippen molar-refractivity contribution in [3.05, 3.63) is 28.8 Å². The molecule has 2 saturated heterocycles. The van der Waals surface area contributed by atoms with Gasteiger partial charge in [0.05, 0.1) is 17.1 Å². The van der Waals surface area contributed by atoms with E-state index in [9.17, 15) is 18.0 Å². The molecule has 2 aliphatic rings. The van der Waals surface area contributed by atoms with E-state index in [1.54, 1.807) is 0 Å². The molecule has 0 radical (unpaired) electrons. The molecule has 1 amide bonds. The van der Waals surface area contributed by atoms with Gasteiger partial charge in [-0.1, -0.05) is 11.6 Å². The van der Waals surface area contributed by atoms with Crippen LogP contribution in [0.2, 0.25) is 5.02 Å². The second kappa shape index (κ2) is 9.03. The highest BCUT2D eigenvalue weighted by molar-refractivity contribution is 7.99. The summed E-state index contributed by atoms with van der Waals surface area (Å²) >= 11 is 7.61. The maximum Gasteiger partial charge on any atom is 0.417 e. The lowest BCUT2D eigenvalue weighted by atomic mass is 10.1. The van der Waals surface area contributed by atoms with Gasteiger partial charge in [0, 0.05) is 43.7 Å². The van der Waals surface area contributed by atoms with Crippen LogP contribution in [0.15, 0.2) is 18.2 Å². The van der Waals surface area contributed by atoms with Crippen LogP contribution < -0.4 is 5.32 Å². The van der Waals surface area contributed by atoms with Crippen LogP contribution >= 0.6 is 23.4 Å². The molecule has 27 heavy (non-hydrogen) atoms. The summed E-state index contributed by atoms with van der Waals surface area (Å²) in [5.41, 5.74) is -0.837. The predicted molar refractivity (Wildman–Crippen MR) is 103 cm³/mol. The van der Waals surface area contributed by atoms with Gasteiger partial charge in [0.25, 0.3) is 0 Å². The first kappa shape index (κ1) is 20.8. The van der Waals surface area contributed by atoms with E-state index in [1.165, 1.54) is 30.4 Å². The highest BCUT2D eigenvalue weighted by Gasteiger charge is 2.33. The third-order valence-electron chi connectivity index (χ3n) is 4.98. The number of hydrogen-bond donors (Lipinski definition) is 1. The highest BCUT2D eigenvalue weighted by Crippen LogP contribution is 2.36. The molecular formula is C18H23ClF3N3OS. The molecule has 1 unspecified atom stereocenters. The zero-order chi connectivity index (χ0) is 19.4. The number of carbonyl (C=O) groups is 1. The molecule has 4 nitrogen and oxygen atoms in total. The molecule has 150 valence electrons. The van der Waals surface area contributed by atoms with Gasteiger partial charge in [0.15, 0.2) is 0 Å². The van der Waals surface area contributed by atoms with Crippen LogP contribution in [0.1, 0.15) is 18.4 Å². The van der Waals surface area contributed by atoms with Crippen LogP contribution in [-0.2, 0) is 11.0 Å². The maximum absolute atomic E-state index is 12.9. The summed E-state index contributed by atoms with van der Waals surface area (Å²) in [7, 11) is 0. The van der Waals surface area contributed by atoms with E-state index in [4.69, 9.17) is 11.6 Å². The number of amides is 1. The number of piperazine rings is 1. The Balaban J connectivity index is 1.49. The van der Waals surface area contributed by atoms with Crippen molar-refractivity contribution in [3.63, 3.8) is 0 Å². The Labute approximate surface area is 166 Å². The Hall–Kier alpha value is -0.960. The molecule has 1 aromatic carbocycles. The Bertz CT molecular complexity index is 660. The quantitative estimate of drug-likeness (QED) is 0.802. The summed E-state index contributed by atoms with van der Waals surface area (Å²) in [4.78, 5) is 16.8. The van der Waals surface area contributed by atoms with E-state index in [2.05, 4.69) is 10.2 Å². The predicted octanol–water partition coefficient (Wildman–Crippen LogP) is 3.81. The smallest absolute Gasteiger partial charge is 0.325 e. The van der Waals surface area contributed by atoms with Crippen molar-refractivity contribution in [1.82, 2.24) is 9.80 Å². The van der Waals surface area contributed by atoms with Crippen molar-refractivity contribution in [3.8, 4) is 0 Å². The third kappa shape index (κ3) is 5.76. The molecule has 0 aliphatic carbocycles. The Kier molecular flexibility index (Phi) is 6.94. The van der Waals surface area contributed by atoms with E-state index < -0.39 is 11.7 Å². The number of benzene rings is 1. The molecule has 1 atom stereocenters. The first-order valence-electron chi connectivity index (χ1n) is 9.03. The second-order valence-electron chi connectivity index (χ2n) is 6.92. The summed E-state index contributed by atoms with van der Waals surface area (Å²) in [6.07, 6.45) is -2.05. The zero-order valence-electron chi connectivity index (χ0n) is 14.9. The van der Waals surface area contributed by atoms with Crippen molar-refractivity contribution in [2.24, 2.45) is 0 Å². The minimum atomic E-state index is -4.55. The molecule has 0 saturated carbocycles. The van der Waals surface area contributed by atoms with Gasteiger partial charge < -0.3 is 5.32 Å². The lowest BCUT2D eigenvalue weighted by molar-refractivity contribution is -0.137. The number of hydrogen-bond acceptors (Lipinski definition) is 4. The van der Waals surface area contributed by atoms with Crippen molar-refractivity contribution in [1.29, 1.82) is 0 Å². The Morgan fingerprint density at radius 2 is 2.00 bits per heavy atom. The van der Waals surface area contributed by atoms with Crippen molar-refractivity contribution in [2.75, 3.05) is 49.5 Å². The monoisotopic (exact) mass is 421 g/mol. The largest absolute Gasteiger partial charge is 0.417 e. The molecule has 2 fully saturated rings. The first-order chi connectivity index (χ1) is 12.8. The van der Waals surface area contributed by atoms with Crippen LogP contribution in [0.3, 0.4) is 0 Å². The number of nitrogens with one attached hydrogen (secondary N) is 1. The minimum absolute atomic E-state index is 0.106. The lowest BCUT2D eigenvalue weighted by Gasteiger charge is -2.40. The van der Waals surface area contributed by atoms with Crippen LogP contribution in [-0.4, -0.2) is 66.0 Å². The van der Waals surface area contributed by atoms with Gasteiger partial charge in [-0.3, -0.25) is 14.6 Å². The standard InChI is InChI=1S/C18H23ClF3N3OS/c19-16-4-3-13(10-15(16)18(20,21)22)23-17(26)11-24-5-7-25(8-6-24)14-2-1-9-27-12-14/h3-4,10,14H,1-2,5-9,11-12H2,(H,23,26). The lowest BCUT2D eigenvalue weighted by Crippen LogP contribution is -2.52. The number of halogens is 4. The van der Waals surface area contributed by atoms with Crippen LogP contribution in [0.4, 0.5) is 18.9 Å². The number of thioether (sulfide) groups is 1. The Morgan fingerprint density at radius 1 is 1.26 bits per heavy atom. The number of rotatable bonds is 4. The zero-order valence-corrected chi connectivity index (χ0v) is 16.5. The molecule has 9 heteroatoms. The fourth-order valence-electron chi connectivity index (χ4n) is 3.52. The van der Waals surface area contributed by atoms with Gasteiger partial charge >= 0.3 is 6.18 Å². The van der Waals surface area contributed by atoms with Crippen LogP contribution in [0.25, 0.3) is 0 Å². The maximum atomic E-state index is 12.9. The fraction of sp³-hybridized carbons (Fsp3) is 0.611.